The van der Waals surface area contributed by atoms with Gasteiger partial charge in [0, 0.05) is 23.6 Å². The summed E-state index contributed by atoms with van der Waals surface area (Å²) < 4.78 is 0. The van der Waals surface area contributed by atoms with Crippen molar-refractivity contribution in [3.63, 3.8) is 0 Å². The molecule has 0 unspecified atom stereocenters. The van der Waals surface area contributed by atoms with Gasteiger partial charge in [0.15, 0.2) is 5.78 Å². The third-order valence-electron chi connectivity index (χ3n) is 3.64. The molecule has 0 heterocycles. The smallest absolute Gasteiger partial charge is 0.224 e. The highest BCUT2D eigenvalue weighted by molar-refractivity contribution is 5.99. The Morgan fingerprint density at radius 2 is 1.77 bits per heavy atom. The first-order valence-corrected chi connectivity index (χ1v) is 8.34. The van der Waals surface area contributed by atoms with Gasteiger partial charge in [-0.25, -0.2) is 0 Å². The Morgan fingerprint density at radius 3 is 2.41 bits per heavy atom. The second-order valence-electron chi connectivity index (χ2n) is 6.64. The fraction of sp³-hybridized carbons (Fsp3) is 0.579. The molecule has 0 saturated carbocycles. The first-order valence-electron chi connectivity index (χ1n) is 8.34. The number of amides is 1. The number of hydrogen-bond donors (Lipinski definition) is 1. The standard InChI is InChI=1S/C19H29NO2/c1-14(2)9-6-5-7-12-18(21)20-17-11-8-10-16(13-17)19(22)15(3)4/h8,10-11,13-15H,5-7,9,12H2,1-4H3,(H,20,21). The second kappa shape index (κ2) is 9.39. The highest BCUT2D eigenvalue weighted by Crippen LogP contribution is 2.15. The van der Waals surface area contributed by atoms with Crippen molar-refractivity contribution in [1.82, 2.24) is 0 Å². The first kappa shape index (κ1) is 18.4. The van der Waals surface area contributed by atoms with Gasteiger partial charge in [-0.05, 0) is 24.5 Å². The summed E-state index contributed by atoms with van der Waals surface area (Å²) in [5.41, 5.74) is 1.36. The lowest BCUT2D eigenvalue weighted by molar-refractivity contribution is -0.116. The van der Waals surface area contributed by atoms with Crippen molar-refractivity contribution in [2.75, 3.05) is 5.32 Å². The van der Waals surface area contributed by atoms with E-state index in [4.69, 9.17) is 0 Å². The fourth-order valence-corrected chi connectivity index (χ4v) is 2.32. The van der Waals surface area contributed by atoms with E-state index in [0.29, 0.717) is 17.7 Å². The topological polar surface area (TPSA) is 46.2 Å². The van der Waals surface area contributed by atoms with Crippen molar-refractivity contribution >= 4 is 17.4 Å². The van der Waals surface area contributed by atoms with Crippen molar-refractivity contribution in [2.24, 2.45) is 11.8 Å². The molecule has 0 aliphatic rings. The average molecular weight is 303 g/mol. The molecule has 0 atom stereocenters. The molecule has 0 radical (unpaired) electrons. The average Bonchev–Trinajstić information content (AvgIpc) is 2.45. The van der Waals surface area contributed by atoms with Gasteiger partial charge in [-0.2, -0.15) is 0 Å². The molecule has 122 valence electrons. The van der Waals surface area contributed by atoms with Crippen LogP contribution in [0.15, 0.2) is 24.3 Å². The SMILES string of the molecule is CC(C)CCCCCC(=O)Nc1cccc(C(=O)C(C)C)c1. The maximum Gasteiger partial charge on any atom is 0.224 e. The number of anilines is 1. The number of rotatable bonds is 9. The molecule has 1 aromatic carbocycles. The number of hydrogen-bond acceptors (Lipinski definition) is 2. The van der Waals surface area contributed by atoms with Crippen LogP contribution < -0.4 is 5.32 Å². The normalized spacial score (nSPS) is 11.0. The van der Waals surface area contributed by atoms with Crippen molar-refractivity contribution < 1.29 is 9.59 Å². The van der Waals surface area contributed by atoms with Gasteiger partial charge in [0.25, 0.3) is 0 Å². The number of unbranched alkanes of at least 4 members (excludes halogenated alkanes) is 2. The van der Waals surface area contributed by atoms with Gasteiger partial charge in [0.2, 0.25) is 5.91 Å². The first-order chi connectivity index (χ1) is 10.4. The predicted molar refractivity (Wildman–Crippen MR) is 92.2 cm³/mol. The molecule has 0 saturated heterocycles. The van der Waals surface area contributed by atoms with E-state index in [9.17, 15) is 9.59 Å². The summed E-state index contributed by atoms with van der Waals surface area (Å²) in [7, 11) is 0. The molecule has 3 heteroatoms. The van der Waals surface area contributed by atoms with Crippen molar-refractivity contribution in [1.29, 1.82) is 0 Å². The van der Waals surface area contributed by atoms with Crippen molar-refractivity contribution in [2.45, 2.75) is 59.8 Å². The highest BCUT2D eigenvalue weighted by Gasteiger charge is 2.11. The molecule has 1 N–H and O–H groups in total. The van der Waals surface area contributed by atoms with E-state index in [-0.39, 0.29) is 17.6 Å². The van der Waals surface area contributed by atoms with Crippen LogP contribution in [0, 0.1) is 11.8 Å². The zero-order valence-corrected chi connectivity index (χ0v) is 14.3. The third kappa shape index (κ3) is 6.88. The summed E-state index contributed by atoms with van der Waals surface area (Å²) in [4.78, 5) is 23.9. The quantitative estimate of drug-likeness (QED) is 0.511. The number of benzene rings is 1. The Hall–Kier alpha value is -1.64. The minimum atomic E-state index is -0.0353. The van der Waals surface area contributed by atoms with Gasteiger partial charge in [-0.1, -0.05) is 59.1 Å². The maximum atomic E-state index is 12.0. The van der Waals surface area contributed by atoms with Gasteiger partial charge in [0.05, 0.1) is 0 Å². The largest absolute Gasteiger partial charge is 0.326 e. The zero-order valence-electron chi connectivity index (χ0n) is 14.3. The second-order valence-corrected chi connectivity index (χ2v) is 6.64. The number of Topliss-reactive ketones (excluding diaryl/α,β-unsaturated/α-hetero) is 1. The van der Waals surface area contributed by atoms with E-state index in [1.165, 1.54) is 12.8 Å². The molecule has 0 spiro atoms. The van der Waals surface area contributed by atoms with Crippen LogP contribution in [0.25, 0.3) is 0 Å². The Morgan fingerprint density at radius 1 is 1.05 bits per heavy atom. The van der Waals surface area contributed by atoms with Gasteiger partial charge in [0.1, 0.15) is 0 Å². The van der Waals surface area contributed by atoms with E-state index in [2.05, 4.69) is 19.2 Å². The van der Waals surface area contributed by atoms with Crippen LogP contribution in [-0.2, 0) is 4.79 Å². The summed E-state index contributed by atoms with van der Waals surface area (Å²) in [6.45, 7) is 8.20. The van der Waals surface area contributed by atoms with Crippen LogP contribution in [0.1, 0.15) is 70.2 Å². The summed E-state index contributed by atoms with van der Waals surface area (Å²) in [6, 6.07) is 7.20. The molecule has 0 bridgehead atoms. The van der Waals surface area contributed by atoms with Gasteiger partial charge < -0.3 is 5.32 Å². The van der Waals surface area contributed by atoms with Gasteiger partial charge in [-0.3, -0.25) is 9.59 Å². The maximum absolute atomic E-state index is 12.0. The van der Waals surface area contributed by atoms with Crippen molar-refractivity contribution in [3.05, 3.63) is 29.8 Å². The highest BCUT2D eigenvalue weighted by atomic mass is 16.1. The van der Waals surface area contributed by atoms with Crippen LogP contribution in [0.3, 0.4) is 0 Å². The molecule has 22 heavy (non-hydrogen) atoms. The molecule has 3 nitrogen and oxygen atoms in total. The lowest BCUT2D eigenvalue weighted by Crippen LogP contribution is -2.12. The van der Waals surface area contributed by atoms with Gasteiger partial charge in [-0.15, -0.1) is 0 Å². The summed E-state index contributed by atoms with van der Waals surface area (Å²) >= 11 is 0. The summed E-state index contributed by atoms with van der Waals surface area (Å²) in [6.07, 6.45) is 4.96. The molecule has 0 aromatic heterocycles. The Labute approximate surface area is 134 Å². The van der Waals surface area contributed by atoms with E-state index < -0.39 is 0 Å². The lowest BCUT2D eigenvalue weighted by Gasteiger charge is -2.09. The van der Waals surface area contributed by atoms with Crippen LogP contribution >= 0.6 is 0 Å². The number of carbonyl (C=O) groups is 2. The van der Waals surface area contributed by atoms with E-state index in [1.54, 1.807) is 12.1 Å². The monoisotopic (exact) mass is 303 g/mol. The number of carbonyl (C=O) groups excluding carboxylic acids is 2. The Kier molecular flexibility index (Phi) is 7.86. The lowest BCUT2D eigenvalue weighted by atomic mass is 10.0. The number of ketones is 1. The van der Waals surface area contributed by atoms with E-state index in [1.807, 2.05) is 26.0 Å². The molecule has 0 fully saturated rings. The number of nitrogens with one attached hydrogen (secondary N) is 1. The fourth-order valence-electron chi connectivity index (χ4n) is 2.32. The minimum Gasteiger partial charge on any atom is -0.326 e. The molecular weight excluding hydrogens is 274 g/mol. The molecule has 1 aromatic rings. The van der Waals surface area contributed by atoms with Crippen LogP contribution in [0.5, 0.6) is 0 Å². The third-order valence-corrected chi connectivity index (χ3v) is 3.64. The summed E-state index contributed by atoms with van der Waals surface area (Å²) in [5, 5.41) is 2.88. The van der Waals surface area contributed by atoms with E-state index in [0.717, 1.165) is 18.8 Å². The summed E-state index contributed by atoms with van der Waals surface area (Å²) in [5.74, 6) is 0.824. The molecule has 0 aliphatic heterocycles. The minimum absolute atomic E-state index is 0.0266. The van der Waals surface area contributed by atoms with Crippen molar-refractivity contribution in [3.8, 4) is 0 Å². The van der Waals surface area contributed by atoms with Crippen LogP contribution in [0.2, 0.25) is 0 Å². The molecule has 1 amide bonds. The molecule has 0 aliphatic carbocycles. The predicted octanol–water partition coefficient (Wildman–Crippen LogP) is 5.07. The van der Waals surface area contributed by atoms with Crippen LogP contribution in [0.4, 0.5) is 5.69 Å². The van der Waals surface area contributed by atoms with Crippen LogP contribution in [-0.4, -0.2) is 11.7 Å². The Bertz CT molecular complexity index is 492. The zero-order chi connectivity index (χ0) is 16.5. The van der Waals surface area contributed by atoms with E-state index >= 15 is 0 Å². The van der Waals surface area contributed by atoms with Gasteiger partial charge >= 0.3 is 0 Å². The molecule has 1 rings (SSSR count). The Balaban J connectivity index is 2.41. The molecular formula is C19H29NO2.